The quantitative estimate of drug-likeness (QED) is 0.0815. The minimum atomic E-state index is -3.14. The summed E-state index contributed by atoms with van der Waals surface area (Å²) >= 11 is 5.11. The van der Waals surface area contributed by atoms with Gasteiger partial charge in [0.1, 0.15) is 43.5 Å². The summed E-state index contributed by atoms with van der Waals surface area (Å²) in [6, 6.07) is 18.2. The summed E-state index contributed by atoms with van der Waals surface area (Å²) in [5, 5.41) is 7.14. The Bertz CT molecular complexity index is 3400. The maximum absolute atomic E-state index is 14.0. The molecule has 2 saturated heterocycles. The Morgan fingerprint density at radius 1 is 0.747 bits per heavy atom. The van der Waals surface area contributed by atoms with Gasteiger partial charge in [-0.3, -0.25) is 44.1 Å². The number of halogens is 1. The third-order valence-corrected chi connectivity index (χ3v) is 12.7. The molecule has 6 aromatic rings. The molecular formula is C52H53ClN8O14. The minimum absolute atomic E-state index is 0.0589. The SMILES string of the molecule is CC(C)(C)C(=O)Cl.COc1ccc2c(c1)C(=O)N(C[C@@]1(c3cc4ncccc4o3)NC(=O)NC1=O)C2.[2H]C([2H])(OC(=O)C(C)(C)C)N1C(=O)N[C@@](CN2Cc3ccc(OC)cc3C2=O)(c2cc3ncccc3o2)C1=O.[2H]C([2H])=O. The lowest BCUT2D eigenvalue weighted by atomic mass is 9.95. The Hall–Kier alpha value is -8.66. The van der Waals surface area contributed by atoms with Crippen LogP contribution >= 0.6 is 11.6 Å². The Labute approximate surface area is 439 Å². The van der Waals surface area contributed by atoms with E-state index in [4.69, 9.17) is 44.9 Å². The highest BCUT2D eigenvalue weighted by Gasteiger charge is 2.57. The van der Waals surface area contributed by atoms with E-state index in [1.165, 1.54) is 57.1 Å². The van der Waals surface area contributed by atoms with E-state index in [0.29, 0.717) is 56.9 Å². The number of rotatable bonds is 10. The number of esters is 1. The molecule has 8 amide bonds. The average molecular weight is 1050 g/mol. The summed E-state index contributed by atoms with van der Waals surface area (Å²) in [6.45, 7) is 5.34. The molecule has 2 aromatic carbocycles. The van der Waals surface area contributed by atoms with Crippen LogP contribution in [0.15, 0.2) is 94.0 Å². The number of carbonyl (C=O) groups is 9. The molecule has 4 aromatic heterocycles. The number of nitrogens with zero attached hydrogens (tertiary/aromatic N) is 5. The number of furan rings is 2. The van der Waals surface area contributed by atoms with Crippen LogP contribution in [-0.4, -0.2) is 112 Å². The van der Waals surface area contributed by atoms with Gasteiger partial charge in [0.2, 0.25) is 5.24 Å². The van der Waals surface area contributed by atoms with Gasteiger partial charge >= 0.3 is 18.0 Å². The number of imide groups is 2. The zero-order valence-corrected chi connectivity index (χ0v) is 42.5. The minimum Gasteiger partial charge on any atom is -0.497 e. The molecule has 0 aliphatic carbocycles. The first-order valence-electron chi connectivity index (χ1n) is 24.8. The highest BCUT2D eigenvalue weighted by Crippen LogP contribution is 2.38. The van der Waals surface area contributed by atoms with E-state index < -0.39 is 72.2 Å². The zero-order valence-electron chi connectivity index (χ0n) is 45.7. The molecule has 0 unspecified atom stereocenters. The number of ether oxygens (including phenoxy) is 3. The molecule has 23 heteroatoms. The molecule has 3 N–H and O–H groups in total. The topological polar surface area (TPSA) is 279 Å². The number of pyridine rings is 2. The summed E-state index contributed by atoms with van der Waals surface area (Å²) in [6.07, 6.45) is 3.13. The molecule has 75 heavy (non-hydrogen) atoms. The molecular weight excluding hydrogens is 996 g/mol. The van der Waals surface area contributed by atoms with Gasteiger partial charge in [0.05, 0.1) is 35.5 Å². The number of aromatic nitrogens is 2. The Morgan fingerprint density at radius 3 is 1.63 bits per heavy atom. The van der Waals surface area contributed by atoms with Crippen molar-refractivity contribution >= 4 is 87.4 Å². The van der Waals surface area contributed by atoms with E-state index in [2.05, 4.69) is 25.9 Å². The maximum atomic E-state index is 14.0. The number of fused-ring (bicyclic) bond motifs is 4. The van der Waals surface area contributed by atoms with Gasteiger partial charge in [-0.25, -0.2) is 14.5 Å². The van der Waals surface area contributed by atoms with Gasteiger partial charge < -0.3 is 48.3 Å². The first-order chi connectivity index (χ1) is 36.9. The van der Waals surface area contributed by atoms with Crippen molar-refractivity contribution < 1.29 is 71.7 Å². The van der Waals surface area contributed by atoms with Gasteiger partial charge in [-0.2, -0.15) is 0 Å². The lowest BCUT2D eigenvalue weighted by Crippen LogP contribution is -2.52. The largest absolute Gasteiger partial charge is 0.497 e. The molecule has 22 nitrogen and oxygen atoms in total. The number of amides is 8. The van der Waals surface area contributed by atoms with E-state index in [-0.39, 0.29) is 46.1 Å². The van der Waals surface area contributed by atoms with Crippen LogP contribution in [0.25, 0.3) is 22.2 Å². The molecule has 0 radical (unpaired) electrons. The number of hydrogen-bond acceptors (Lipinski definition) is 16. The molecule has 4 aliphatic heterocycles. The number of carbonyl (C=O) groups excluding carboxylic acids is 9. The van der Waals surface area contributed by atoms with Gasteiger partial charge in [-0.15, -0.1) is 0 Å². The second-order valence-electron chi connectivity index (χ2n) is 19.4. The molecule has 8 heterocycles. The number of nitrogens with one attached hydrogen (secondary N) is 3. The molecule has 392 valence electrons. The van der Waals surface area contributed by atoms with Gasteiger partial charge in [0.25, 0.3) is 23.6 Å². The lowest BCUT2D eigenvalue weighted by Gasteiger charge is -2.29. The number of hydrogen-bond donors (Lipinski definition) is 3. The van der Waals surface area contributed by atoms with E-state index in [1.54, 1.807) is 87.6 Å². The first-order valence-corrected chi connectivity index (χ1v) is 23.2. The summed E-state index contributed by atoms with van der Waals surface area (Å²) in [7, 11) is 3.01. The number of benzene rings is 2. The van der Waals surface area contributed by atoms with Crippen LogP contribution in [0, 0.1) is 10.8 Å². The standard InChI is InChI=1S/C26H26N4O7.C20H16N4O5.C5H9ClO.CH2O/c1-25(2,3)23(33)36-14-30-22(32)26(28-24(30)34,20-11-18-19(37-20)6-5-9-27-18)13-29-12-15-7-8-16(35-4)10-17(15)21(29)31;1-28-12-5-4-11-9-24(17(25)13(11)7-12)10-20(18(26)22-19(27)23-20)16-8-14-15(29-16)3-2-6-21-14;1-5(2,3)4(6)7;1-2/h5-11H,12-14H2,1-4H3,(H,28,34);2-8H,9-10H2,1H3,(H2,22,23,26,27);1-3H3;1H2/t26-;20-;;/m00../s1/i14D2;;;1D2. The van der Waals surface area contributed by atoms with E-state index in [0.717, 1.165) is 5.56 Å². The van der Waals surface area contributed by atoms with E-state index in [9.17, 15) is 38.4 Å². The molecule has 0 spiro atoms. The monoisotopic (exact) mass is 1050 g/mol. The van der Waals surface area contributed by atoms with Crippen LogP contribution in [0.1, 0.15) is 90.4 Å². The van der Waals surface area contributed by atoms with Crippen molar-refractivity contribution in [1.82, 2.24) is 40.6 Å². The molecule has 4 aliphatic rings. The normalized spacial score (nSPS) is 19.6. The lowest BCUT2D eigenvalue weighted by molar-refractivity contribution is -0.158. The molecule has 2 fully saturated rings. The Morgan fingerprint density at radius 2 is 1.21 bits per heavy atom. The van der Waals surface area contributed by atoms with Gasteiger partial charge in [-0.05, 0) is 92.0 Å². The number of methoxy groups -OCH3 is 2. The number of urea groups is 2. The van der Waals surface area contributed by atoms with Crippen LogP contribution in [0.2, 0.25) is 0 Å². The summed E-state index contributed by atoms with van der Waals surface area (Å²) < 4.78 is 55.1. The second kappa shape index (κ2) is 21.1. The predicted octanol–water partition coefficient (Wildman–Crippen LogP) is 5.93. The first kappa shape index (κ1) is 48.6. The van der Waals surface area contributed by atoms with E-state index in [1.807, 2.05) is 6.07 Å². The van der Waals surface area contributed by atoms with Crippen LogP contribution in [-0.2, 0) is 52.9 Å². The van der Waals surface area contributed by atoms with E-state index >= 15 is 0 Å². The second-order valence-corrected chi connectivity index (χ2v) is 19.8. The van der Waals surface area contributed by atoms with Crippen molar-refractivity contribution in [2.75, 3.05) is 34.0 Å². The average Bonchev–Trinajstić information content (AvgIpc) is 4.26. The van der Waals surface area contributed by atoms with Crippen molar-refractivity contribution in [1.29, 1.82) is 0 Å². The molecule has 0 bridgehead atoms. The maximum Gasteiger partial charge on any atom is 0.328 e. The summed E-state index contributed by atoms with van der Waals surface area (Å²) in [5.74, 6) is -2.09. The van der Waals surface area contributed by atoms with Crippen LogP contribution in [0.5, 0.6) is 11.5 Å². The van der Waals surface area contributed by atoms with Crippen molar-refractivity contribution in [3.63, 3.8) is 0 Å². The van der Waals surface area contributed by atoms with Gasteiger partial charge in [0.15, 0.2) is 28.9 Å². The summed E-state index contributed by atoms with van der Waals surface area (Å²) in [5.41, 5.74) is -0.939. The van der Waals surface area contributed by atoms with Crippen LogP contribution in [0.4, 0.5) is 9.59 Å². The highest BCUT2D eigenvalue weighted by atomic mass is 35.5. The Kier molecular flexibility index (Phi) is 13.6. The fourth-order valence-corrected chi connectivity index (χ4v) is 8.03. The predicted molar refractivity (Wildman–Crippen MR) is 267 cm³/mol. The van der Waals surface area contributed by atoms with Crippen molar-refractivity contribution in [3.8, 4) is 11.5 Å². The smallest absolute Gasteiger partial charge is 0.328 e. The Balaban J connectivity index is 0.000000197. The third kappa shape index (κ3) is 10.7. The molecule has 0 saturated carbocycles. The zero-order chi connectivity index (χ0) is 58.2. The highest BCUT2D eigenvalue weighted by molar-refractivity contribution is 6.64. The third-order valence-electron chi connectivity index (χ3n) is 12.1. The summed E-state index contributed by atoms with van der Waals surface area (Å²) in [4.78, 5) is 121. The molecule has 2 atom stereocenters. The van der Waals surface area contributed by atoms with Crippen molar-refractivity contribution in [2.24, 2.45) is 10.8 Å². The van der Waals surface area contributed by atoms with Crippen molar-refractivity contribution in [2.45, 2.75) is 65.7 Å². The molecule has 10 rings (SSSR count). The van der Waals surface area contributed by atoms with Crippen LogP contribution < -0.4 is 25.4 Å². The fourth-order valence-electron chi connectivity index (χ4n) is 8.03. The fraction of sp³-hybridized carbons (Fsp3) is 0.327. The van der Waals surface area contributed by atoms with Gasteiger partial charge in [0, 0.05) is 54.2 Å². The van der Waals surface area contributed by atoms with Crippen molar-refractivity contribution in [3.05, 3.63) is 119 Å². The van der Waals surface area contributed by atoms with Gasteiger partial charge in [-0.1, -0.05) is 32.9 Å². The van der Waals surface area contributed by atoms with Crippen LogP contribution in [0.3, 0.4) is 0 Å².